The molecule has 1 saturated heterocycles. The van der Waals surface area contributed by atoms with Gasteiger partial charge in [0, 0.05) is 0 Å². The molecule has 0 aromatic rings. The van der Waals surface area contributed by atoms with Crippen molar-refractivity contribution in [1.82, 2.24) is 0 Å². The summed E-state index contributed by atoms with van der Waals surface area (Å²) in [5, 5.41) is 10.1. The van der Waals surface area contributed by atoms with E-state index in [4.69, 9.17) is 9.47 Å². The van der Waals surface area contributed by atoms with Gasteiger partial charge in [0.1, 0.15) is 12.2 Å². The highest BCUT2D eigenvalue weighted by molar-refractivity contribution is 5.34. The second-order valence-corrected chi connectivity index (χ2v) is 7.00. The van der Waals surface area contributed by atoms with E-state index in [1.807, 2.05) is 33.8 Å². The molecule has 0 unspecified atom stereocenters. The molecule has 118 valence electrons. The van der Waals surface area contributed by atoms with E-state index in [1.54, 1.807) is 0 Å². The van der Waals surface area contributed by atoms with Gasteiger partial charge in [-0.05, 0) is 58.1 Å². The first-order valence-corrected chi connectivity index (χ1v) is 7.76. The van der Waals surface area contributed by atoms with E-state index in [0.29, 0.717) is 6.42 Å². The van der Waals surface area contributed by atoms with Crippen LogP contribution in [0, 0.1) is 5.92 Å². The van der Waals surface area contributed by atoms with Gasteiger partial charge in [-0.1, -0.05) is 30.7 Å². The van der Waals surface area contributed by atoms with Crippen molar-refractivity contribution in [2.45, 2.75) is 72.1 Å². The van der Waals surface area contributed by atoms with Gasteiger partial charge < -0.3 is 14.6 Å². The summed E-state index contributed by atoms with van der Waals surface area (Å²) in [4.78, 5) is 0. The molecule has 0 saturated carbocycles. The molecule has 2 rings (SSSR count). The molecule has 3 nitrogen and oxygen atoms in total. The van der Waals surface area contributed by atoms with Gasteiger partial charge in [0.15, 0.2) is 5.79 Å². The topological polar surface area (TPSA) is 38.7 Å². The van der Waals surface area contributed by atoms with Crippen LogP contribution in [0.2, 0.25) is 0 Å². The van der Waals surface area contributed by atoms with Gasteiger partial charge in [0.05, 0.1) is 6.10 Å². The largest absolute Gasteiger partial charge is 0.389 e. The van der Waals surface area contributed by atoms with Gasteiger partial charge in [-0.3, -0.25) is 0 Å². The van der Waals surface area contributed by atoms with Gasteiger partial charge in [0.25, 0.3) is 0 Å². The summed E-state index contributed by atoms with van der Waals surface area (Å²) in [6.07, 6.45) is 6.44. The third-order valence-electron chi connectivity index (χ3n) is 4.10. The Balaban J connectivity index is 2.14. The minimum atomic E-state index is -0.549. The number of rotatable bonds is 4. The highest BCUT2D eigenvalue weighted by Gasteiger charge is 2.45. The molecule has 0 bridgehead atoms. The first-order valence-electron chi connectivity index (χ1n) is 7.76. The molecule has 1 aliphatic carbocycles. The zero-order valence-electron chi connectivity index (χ0n) is 14.0. The van der Waals surface area contributed by atoms with Gasteiger partial charge >= 0.3 is 0 Å². The van der Waals surface area contributed by atoms with E-state index in [1.165, 1.54) is 11.1 Å². The summed E-state index contributed by atoms with van der Waals surface area (Å²) in [7, 11) is 0. The van der Waals surface area contributed by atoms with Gasteiger partial charge in [-0.15, -0.1) is 0 Å². The lowest BCUT2D eigenvalue weighted by Crippen LogP contribution is -2.31. The Morgan fingerprint density at radius 1 is 1.29 bits per heavy atom. The normalized spacial score (nSPS) is 30.0. The van der Waals surface area contributed by atoms with E-state index in [0.717, 1.165) is 5.57 Å². The molecule has 0 aromatic carbocycles. The SMILES string of the molecule is CC(C)=C[C@H](O)C[C@H](C)C1=CC=C(C)[C@@H]2OC(C)(C)O[C@H]12. The monoisotopic (exact) mass is 292 g/mol. The number of aliphatic hydroxyl groups excluding tert-OH is 1. The van der Waals surface area contributed by atoms with Gasteiger partial charge in [0.2, 0.25) is 0 Å². The average Bonchev–Trinajstić information content (AvgIpc) is 2.64. The molecule has 0 spiro atoms. The molecule has 0 radical (unpaired) electrons. The Morgan fingerprint density at radius 3 is 2.52 bits per heavy atom. The van der Waals surface area contributed by atoms with Gasteiger partial charge in [-0.25, -0.2) is 0 Å². The summed E-state index contributed by atoms with van der Waals surface area (Å²) in [5.41, 5.74) is 3.56. The maximum absolute atomic E-state index is 10.1. The predicted molar refractivity (Wildman–Crippen MR) is 84.9 cm³/mol. The van der Waals surface area contributed by atoms with Crippen LogP contribution in [0.4, 0.5) is 0 Å². The summed E-state index contributed by atoms with van der Waals surface area (Å²) in [6, 6.07) is 0. The molecule has 1 aliphatic heterocycles. The molecular formula is C18H28O3. The smallest absolute Gasteiger partial charge is 0.164 e. The van der Waals surface area contributed by atoms with Crippen molar-refractivity contribution in [1.29, 1.82) is 0 Å². The van der Waals surface area contributed by atoms with Crippen LogP contribution < -0.4 is 0 Å². The number of fused-ring (bicyclic) bond motifs is 1. The lowest BCUT2D eigenvalue weighted by atomic mass is 9.83. The lowest BCUT2D eigenvalue weighted by Gasteiger charge is -2.28. The molecule has 1 fully saturated rings. The second kappa shape index (κ2) is 6.07. The van der Waals surface area contributed by atoms with E-state index < -0.39 is 11.9 Å². The molecule has 0 amide bonds. The Morgan fingerprint density at radius 2 is 1.90 bits per heavy atom. The van der Waals surface area contributed by atoms with E-state index in [9.17, 15) is 5.11 Å². The van der Waals surface area contributed by atoms with Crippen molar-refractivity contribution in [2.75, 3.05) is 0 Å². The minimum Gasteiger partial charge on any atom is -0.389 e. The molecule has 3 heteroatoms. The maximum Gasteiger partial charge on any atom is 0.164 e. The fraction of sp³-hybridized carbons (Fsp3) is 0.667. The van der Waals surface area contributed by atoms with E-state index in [-0.39, 0.29) is 18.1 Å². The highest BCUT2D eigenvalue weighted by Crippen LogP contribution is 2.40. The number of ether oxygens (including phenoxy) is 2. The summed E-state index contributed by atoms with van der Waals surface area (Å²) in [6.45, 7) is 12.2. The minimum absolute atomic E-state index is 0.00282. The van der Waals surface area contributed by atoms with Crippen LogP contribution in [-0.4, -0.2) is 29.2 Å². The standard InChI is InChI=1S/C18H28O3/c1-11(2)9-14(19)10-13(4)15-8-7-12(3)16-17(15)21-18(5,6)20-16/h7-9,13-14,16-17,19H,10H2,1-6H3/t13-,14-,16-,17+/m0/s1. The molecule has 21 heavy (non-hydrogen) atoms. The number of hydrogen-bond acceptors (Lipinski definition) is 3. The van der Waals surface area contributed by atoms with Crippen LogP contribution in [-0.2, 0) is 9.47 Å². The molecule has 2 aliphatic rings. The van der Waals surface area contributed by atoms with E-state index in [2.05, 4.69) is 26.0 Å². The first-order chi connectivity index (χ1) is 9.69. The predicted octanol–water partition coefficient (Wildman–Crippen LogP) is 3.75. The molecule has 0 aromatic heterocycles. The van der Waals surface area contributed by atoms with Crippen LogP contribution >= 0.6 is 0 Å². The lowest BCUT2D eigenvalue weighted by molar-refractivity contribution is -0.140. The summed E-state index contributed by atoms with van der Waals surface area (Å²) < 4.78 is 12.1. The van der Waals surface area contributed by atoms with Crippen molar-refractivity contribution in [3.8, 4) is 0 Å². The molecule has 1 N–H and O–H groups in total. The fourth-order valence-corrected chi connectivity index (χ4v) is 3.15. The first kappa shape index (κ1) is 16.5. The Hall–Kier alpha value is -0.900. The second-order valence-electron chi connectivity index (χ2n) is 7.00. The number of aliphatic hydroxyl groups is 1. The third-order valence-corrected chi connectivity index (χ3v) is 4.10. The maximum atomic E-state index is 10.1. The number of hydrogen-bond donors (Lipinski definition) is 1. The summed E-state index contributed by atoms with van der Waals surface area (Å²) in [5.74, 6) is -0.295. The van der Waals surface area contributed by atoms with Crippen molar-refractivity contribution >= 4 is 0 Å². The number of allylic oxidation sites excluding steroid dienone is 3. The third kappa shape index (κ3) is 3.85. The molecule has 4 atom stereocenters. The Bertz CT molecular complexity index is 481. The van der Waals surface area contributed by atoms with E-state index >= 15 is 0 Å². The van der Waals surface area contributed by atoms with Crippen molar-refractivity contribution in [3.63, 3.8) is 0 Å². The van der Waals surface area contributed by atoms with Crippen molar-refractivity contribution < 1.29 is 14.6 Å². The Labute approximate surface area is 128 Å². The zero-order chi connectivity index (χ0) is 15.8. The average molecular weight is 292 g/mol. The van der Waals surface area contributed by atoms with Gasteiger partial charge in [-0.2, -0.15) is 0 Å². The Kier molecular flexibility index (Phi) is 4.76. The fourth-order valence-electron chi connectivity index (χ4n) is 3.15. The van der Waals surface area contributed by atoms with Crippen molar-refractivity contribution in [2.24, 2.45) is 5.92 Å². The highest BCUT2D eigenvalue weighted by atomic mass is 16.8. The van der Waals surface area contributed by atoms with Crippen LogP contribution in [0.15, 0.2) is 34.9 Å². The quantitative estimate of drug-likeness (QED) is 0.802. The van der Waals surface area contributed by atoms with Crippen LogP contribution in [0.5, 0.6) is 0 Å². The summed E-state index contributed by atoms with van der Waals surface area (Å²) >= 11 is 0. The zero-order valence-corrected chi connectivity index (χ0v) is 14.0. The molecule has 1 heterocycles. The molecular weight excluding hydrogens is 264 g/mol. The van der Waals surface area contributed by atoms with Crippen molar-refractivity contribution in [3.05, 3.63) is 34.9 Å². The van der Waals surface area contributed by atoms with Crippen LogP contribution in [0.1, 0.15) is 48.0 Å². The van der Waals surface area contributed by atoms with Crippen LogP contribution in [0.3, 0.4) is 0 Å². The van der Waals surface area contributed by atoms with Crippen LogP contribution in [0.25, 0.3) is 0 Å².